The third kappa shape index (κ3) is 8.12. The molecule has 2 aliphatic carbocycles. The van der Waals surface area contributed by atoms with Crippen molar-refractivity contribution in [1.29, 1.82) is 0 Å². The summed E-state index contributed by atoms with van der Waals surface area (Å²) in [6, 6.07) is 22.2. The minimum atomic E-state index is -0.613. The molecule has 11 nitrogen and oxygen atoms in total. The molecule has 1 unspecified atom stereocenters. The van der Waals surface area contributed by atoms with Gasteiger partial charge < -0.3 is 50.8 Å². The van der Waals surface area contributed by atoms with Gasteiger partial charge in [-0.25, -0.2) is 0 Å². The van der Waals surface area contributed by atoms with Crippen LogP contribution in [0.4, 0.5) is 0 Å². The number of nitrogens with one attached hydrogen (secondary N) is 3. The van der Waals surface area contributed by atoms with Crippen LogP contribution in [-0.4, -0.2) is 69.4 Å². The van der Waals surface area contributed by atoms with E-state index >= 15 is 0 Å². The number of esters is 1. The summed E-state index contributed by atoms with van der Waals surface area (Å²) < 4.78 is 25.8. The Labute approximate surface area is 370 Å². The fourth-order valence-electron chi connectivity index (χ4n) is 11.2. The first-order valence-electron chi connectivity index (χ1n) is 22.3. The number of rotatable bonds is 12. The Morgan fingerprint density at radius 1 is 1.02 bits per heavy atom. The molecule has 0 aromatic heterocycles. The number of phenolic OH excluding ortho intramolecular Hbond substituents is 2. The molecule has 0 amide bonds. The van der Waals surface area contributed by atoms with Gasteiger partial charge in [-0.1, -0.05) is 54.5 Å². The number of hydrogen-bond donors (Lipinski definition) is 6. The predicted molar refractivity (Wildman–Crippen MR) is 243 cm³/mol. The zero-order valence-corrected chi connectivity index (χ0v) is 36.6. The molecule has 7 N–H and O–H groups in total. The average molecular weight is 851 g/mol. The summed E-state index contributed by atoms with van der Waals surface area (Å²) in [6.45, 7) is 2.62. The molecular weight excluding hydrogens is 793 g/mol. The summed E-state index contributed by atoms with van der Waals surface area (Å²) in [5.41, 5.74) is 16.2. The Bertz CT molecular complexity index is 2520. The van der Waals surface area contributed by atoms with Crippen LogP contribution in [0.1, 0.15) is 78.0 Å². The number of ether oxygens (including phenoxy) is 4. The molecule has 1 spiro atoms. The van der Waals surface area contributed by atoms with Crippen molar-refractivity contribution >= 4 is 5.97 Å². The Balaban J connectivity index is 1.28. The minimum absolute atomic E-state index is 0.0000520. The van der Waals surface area contributed by atoms with Crippen molar-refractivity contribution in [2.45, 2.75) is 81.6 Å². The van der Waals surface area contributed by atoms with Crippen LogP contribution < -0.4 is 35.9 Å². The number of hydrogen-bond acceptors (Lipinski definition) is 11. The summed E-state index contributed by atoms with van der Waals surface area (Å²) in [5.74, 6) is 8.59. The second kappa shape index (κ2) is 17.7. The fourth-order valence-corrected chi connectivity index (χ4v) is 11.2. The molecule has 1 fully saturated rings. The highest BCUT2D eigenvalue weighted by Crippen LogP contribution is 2.63. The van der Waals surface area contributed by atoms with E-state index in [-0.39, 0.29) is 59.5 Å². The van der Waals surface area contributed by atoms with Crippen LogP contribution in [-0.2, 0) is 34.2 Å². The highest BCUT2D eigenvalue weighted by atomic mass is 16.5. The highest BCUT2D eigenvalue weighted by Gasteiger charge is 2.52. The molecule has 1 saturated carbocycles. The SMILES string of the molecule is CNCC(CNC)Oc1cc2c(cc1O)CC#CC1=C(C=CC(N)N1)[C@H](CCc1ccccc1)[C@@H]1CC[C@@]3(Cc4cc(O)cc(OC)c4-c4ccc5c(c43)O[C@H]2[C@H]5COC(C)=O)C1. The van der Waals surface area contributed by atoms with Crippen molar-refractivity contribution in [1.82, 2.24) is 16.0 Å². The Morgan fingerprint density at radius 2 is 1.83 bits per heavy atom. The maximum atomic E-state index is 12.6. The molecule has 3 heterocycles. The lowest BCUT2D eigenvalue weighted by molar-refractivity contribution is -0.141. The number of fused-ring (bicyclic) bond motifs is 6. The predicted octanol–water partition coefficient (Wildman–Crippen LogP) is 6.84. The number of carbonyl (C=O) groups is 1. The van der Waals surface area contributed by atoms with Gasteiger partial charge in [0, 0.05) is 60.2 Å². The van der Waals surface area contributed by atoms with Crippen LogP contribution in [0.3, 0.4) is 0 Å². The summed E-state index contributed by atoms with van der Waals surface area (Å²) in [6.07, 6.45) is 8.49. The molecule has 4 aromatic carbocycles. The maximum absolute atomic E-state index is 12.6. The van der Waals surface area contributed by atoms with E-state index in [1.54, 1.807) is 19.2 Å². The molecule has 63 heavy (non-hydrogen) atoms. The van der Waals surface area contributed by atoms with Gasteiger partial charge in [0.2, 0.25) is 0 Å². The second-order valence-electron chi connectivity index (χ2n) is 17.8. The second-order valence-corrected chi connectivity index (χ2v) is 17.8. The normalized spacial score (nSPS) is 23.8. The molecule has 6 atom stereocenters. The van der Waals surface area contributed by atoms with Gasteiger partial charge in [0.15, 0.2) is 11.5 Å². The van der Waals surface area contributed by atoms with Gasteiger partial charge in [0.05, 0.1) is 24.9 Å². The van der Waals surface area contributed by atoms with Crippen molar-refractivity contribution in [3.63, 3.8) is 0 Å². The van der Waals surface area contributed by atoms with E-state index in [4.69, 9.17) is 24.7 Å². The number of carbonyl (C=O) groups excluding carboxylic acids is 1. The number of aryl methyl sites for hydroxylation is 1. The fraction of sp³-hybridized carbons (Fsp3) is 0.404. The van der Waals surface area contributed by atoms with E-state index in [2.05, 4.69) is 76.3 Å². The molecule has 4 aromatic rings. The first-order chi connectivity index (χ1) is 30.6. The van der Waals surface area contributed by atoms with E-state index in [0.717, 1.165) is 88.1 Å². The van der Waals surface area contributed by atoms with Crippen LogP contribution >= 0.6 is 0 Å². The van der Waals surface area contributed by atoms with Crippen molar-refractivity contribution in [2.24, 2.45) is 17.6 Å². The number of methoxy groups -OCH3 is 1. The standard InChI is InChI=1S/C52H58N4O7/c1-30(57)61-29-42-39-15-16-40-48-34(21-35(58)23-46(48)60-4)26-52-20-19-33(25-52)37(14-13-31-9-6-5-7-10-31)38-17-18-47(53)56-43(38)12-8-11-32-22-44(59)45(62-36(27-54-2)28-55-3)24-41(32)50(42)63-51(39)49(40)52/h5-7,9-10,15-18,21-24,33,36-37,42,47,50,54-56,58-59H,11,13-14,19-20,25-29,53H2,1-4H3/t33-,37-,42+,47?,50-,52+/m1/s1. The Hall–Kier alpha value is -5.93. The lowest BCUT2D eigenvalue weighted by Crippen LogP contribution is -2.38. The van der Waals surface area contributed by atoms with Crippen molar-refractivity contribution in [3.8, 4) is 51.7 Å². The molecule has 328 valence electrons. The Kier molecular flexibility index (Phi) is 11.9. The molecule has 0 radical (unpaired) electrons. The number of benzene rings is 4. The lowest BCUT2D eigenvalue weighted by atomic mass is 9.64. The Morgan fingerprint density at radius 3 is 2.59 bits per heavy atom. The first-order valence-corrected chi connectivity index (χ1v) is 22.3. The quantitative estimate of drug-likeness (QED) is 0.0656. The maximum Gasteiger partial charge on any atom is 0.302 e. The zero-order valence-electron chi connectivity index (χ0n) is 36.6. The minimum Gasteiger partial charge on any atom is -0.508 e. The van der Waals surface area contributed by atoms with Crippen LogP contribution in [0.2, 0.25) is 0 Å². The number of aromatic hydroxyl groups is 2. The van der Waals surface area contributed by atoms with Crippen molar-refractivity contribution in [3.05, 3.63) is 124 Å². The number of dihydropyridines is 1. The summed E-state index contributed by atoms with van der Waals surface area (Å²) >= 11 is 0. The topological polar surface area (TPSA) is 157 Å². The summed E-state index contributed by atoms with van der Waals surface area (Å²) in [5, 5.41) is 32.6. The number of phenols is 2. The van der Waals surface area contributed by atoms with Gasteiger partial charge in [-0.05, 0) is 122 Å². The molecule has 4 bridgehead atoms. The van der Waals surface area contributed by atoms with Gasteiger partial charge in [0.25, 0.3) is 0 Å². The molecule has 9 rings (SSSR count). The van der Waals surface area contributed by atoms with Crippen LogP contribution in [0.5, 0.6) is 28.7 Å². The zero-order chi connectivity index (χ0) is 43.8. The van der Waals surface area contributed by atoms with Gasteiger partial charge in [-0.15, -0.1) is 0 Å². The molecule has 5 aliphatic rings. The number of likely N-dealkylation sites (N-methyl/N-ethyl adjacent to an activating group) is 2. The van der Waals surface area contributed by atoms with Crippen LogP contribution in [0.15, 0.2) is 90.2 Å². The van der Waals surface area contributed by atoms with E-state index in [9.17, 15) is 15.0 Å². The molecule has 0 saturated heterocycles. The van der Waals surface area contributed by atoms with E-state index in [1.807, 2.05) is 32.3 Å². The number of nitrogens with two attached hydrogens (primary N) is 1. The van der Waals surface area contributed by atoms with Crippen LogP contribution in [0.25, 0.3) is 11.1 Å². The number of allylic oxidation sites excluding steroid dienone is 3. The average Bonchev–Trinajstić information content (AvgIpc) is 3.85. The molecule has 3 aliphatic heterocycles. The molecule has 11 heteroatoms. The third-order valence-electron chi connectivity index (χ3n) is 13.8. The lowest BCUT2D eigenvalue weighted by Gasteiger charge is -2.40. The largest absolute Gasteiger partial charge is 0.508 e. The van der Waals surface area contributed by atoms with Crippen LogP contribution in [0, 0.1) is 23.7 Å². The monoisotopic (exact) mass is 850 g/mol. The highest BCUT2D eigenvalue weighted by molar-refractivity contribution is 5.84. The first kappa shape index (κ1) is 42.4. The van der Waals surface area contributed by atoms with Crippen molar-refractivity contribution in [2.75, 3.05) is 40.9 Å². The van der Waals surface area contributed by atoms with E-state index in [0.29, 0.717) is 37.4 Å². The van der Waals surface area contributed by atoms with Gasteiger partial charge in [-0.3, -0.25) is 4.79 Å². The van der Waals surface area contributed by atoms with Crippen molar-refractivity contribution < 1.29 is 34.0 Å². The summed E-state index contributed by atoms with van der Waals surface area (Å²) in [4.78, 5) is 12.6. The van der Waals surface area contributed by atoms with E-state index in [1.165, 1.54) is 12.5 Å². The third-order valence-corrected chi connectivity index (χ3v) is 13.8. The smallest absolute Gasteiger partial charge is 0.302 e. The van der Waals surface area contributed by atoms with Gasteiger partial charge in [-0.2, -0.15) is 0 Å². The summed E-state index contributed by atoms with van der Waals surface area (Å²) in [7, 11) is 5.38. The van der Waals surface area contributed by atoms with E-state index < -0.39 is 6.10 Å². The van der Waals surface area contributed by atoms with Gasteiger partial charge in [0.1, 0.15) is 36.1 Å². The molecular formula is C52H58N4O7. The van der Waals surface area contributed by atoms with Gasteiger partial charge >= 0.3 is 5.97 Å².